The van der Waals surface area contributed by atoms with Gasteiger partial charge in [0.2, 0.25) is 0 Å². The zero-order valence-corrected chi connectivity index (χ0v) is 8.69. The van der Waals surface area contributed by atoms with Crippen molar-refractivity contribution in [1.29, 1.82) is 0 Å². The SMILES string of the molecule is CCC1(COC)N[C@@H](C(=O)O)CS1. The largest absolute Gasteiger partial charge is 0.480 e. The van der Waals surface area contributed by atoms with Gasteiger partial charge in [-0.2, -0.15) is 0 Å². The second kappa shape index (κ2) is 4.30. The van der Waals surface area contributed by atoms with Gasteiger partial charge in [-0.15, -0.1) is 11.8 Å². The molecule has 2 N–H and O–H groups in total. The van der Waals surface area contributed by atoms with Gasteiger partial charge in [0.25, 0.3) is 0 Å². The second-order valence-corrected chi connectivity index (χ2v) is 4.53. The van der Waals surface area contributed by atoms with Gasteiger partial charge >= 0.3 is 5.97 Å². The van der Waals surface area contributed by atoms with Crippen molar-refractivity contribution in [2.45, 2.75) is 24.3 Å². The first-order valence-electron chi connectivity index (χ1n) is 4.27. The van der Waals surface area contributed by atoms with E-state index in [1.54, 1.807) is 18.9 Å². The van der Waals surface area contributed by atoms with Crippen molar-refractivity contribution in [3.8, 4) is 0 Å². The molecule has 1 heterocycles. The number of thioether (sulfide) groups is 1. The molecule has 0 aromatic rings. The summed E-state index contributed by atoms with van der Waals surface area (Å²) in [6.07, 6.45) is 0.870. The highest BCUT2D eigenvalue weighted by molar-refractivity contribution is 8.01. The summed E-state index contributed by atoms with van der Waals surface area (Å²) in [5, 5.41) is 11.9. The molecule has 1 unspecified atom stereocenters. The van der Waals surface area contributed by atoms with Crippen LogP contribution in [0.25, 0.3) is 0 Å². The number of carboxylic acids is 1. The quantitative estimate of drug-likeness (QED) is 0.701. The third-order valence-corrected chi connectivity index (χ3v) is 3.79. The smallest absolute Gasteiger partial charge is 0.321 e. The Kier molecular flexibility index (Phi) is 3.58. The second-order valence-electron chi connectivity index (χ2n) is 3.13. The molecule has 0 bridgehead atoms. The number of hydrogen-bond acceptors (Lipinski definition) is 4. The Hall–Kier alpha value is -0.260. The fourth-order valence-electron chi connectivity index (χ4n) is 1.40. The van der Waals surface area contributed by atoms with Crippen LogP contribution >= 0.6 is 11.8 Å². The van der Waals surface area contributed by atoms with Gasteiger partial charge in [0.15, 0.2) is 0 Å². The third-order valence-electron chi connectivity index (χ3n) is 2.21. The number of ether oxygens (including phenoxy) is 1. The van der Waals surface area contributed by atoms with Crippen LogP contribution in [0.5, 0.6) is 0 Å². The Morgan fingerprint density at radius 3 is 2.92 bits per heavy atom. The van der Waals surface area contributed by atoms with Gasteiger partial charge in [-0.1, -0.05) is 6.92 Å². The average Bonchev–Trinajstić information content (AvgIpc) is 2.51. The van der Waals surface area contributed by atoms with E-state index in [0.29, 0.717) is 12.4 Å². The number of rotatable bonds is 4. The molecular weight excluding hydrogens is 190 g/mol. The van der Waals surface area contributed by atoms with Gasteiger partial charge in [0, 0.05) is 12.9 Å². The van der Waals surface area contributed by atoms with E-state index < -0.39 is 12.0 Å². The molecule has 0 spiro atoms. The molecule has 1 saturated heterocycles. The molecule has 13 heavy (non-hydrogen) atoms. The maximum atomic E-state index is 10.7. The number of methoxy groups -OCH3 is 1. The minimum Gasteiger partial charge on any atom is -0.480 e. The zero-order valence-electron chi connectivity index (χ0n) is 7.87. The number of hydrogen-bond donors (Lipinski definition) is 2. The average molecular weight is 205 g/mol. The lowest BCUT2D eigenvalue weighted by Gasteiger charge is -2.26. The van der Waals surface area contributed by atoms with E-state index in [4.69, 9.17) is 9.84 Å². The molecule has 0 aromatic heterocycles. The molecule has 1 rings (SSSR count). The van der Waals surface area contributed by atoms with Gasteiger partial charge in [-0.25, -0.2) is 0 Å². The molecule has 0 aliphatic carbocycles. The highest BCUT2D eigenvalue weighted by atomic mass is 32.2. The minimum absolute atomic E-state index is 0.197. The Balaban J connectivity index is 2.57. The monoisotopic (exact) mass is 205 g/mol. The third kappa shape index (κ3) is 2.36. The number of nitrogens with one attached hydrogen (secondary N) is 1. The van der Waals surface area contributed by atoms with Crippen molar-refractivity contribution in [1.82, 2.24) is 5.32 Å². The van der Waals surface area contributed by atoms with E-state index in [9.17, 15) is 4.79 Å². The fraction of sp³-hybridized carbons (Fsp3) is 0.875. The van der Waals surface area contributed by atoms with Crippen LogP contribution in [-0.4, -0.2) is 41.5 Å². The fourth-order valence-corrected chi connectivity index (χ4v) is 2.74. The number of carboxylic acid groups (broad SMARTS) is 1. The first-order chi connectivity index (χ1) is 6.13. The van der Waals surface area contributed by atoms with Crippen molar-refractivity contribution in [2.24, 2.45) is 0 Å². The van der Waals surface area contributed by atoms with Crippen molar-refractivity contribution >= 4 is 17.7 Å². The summed E-state index contributed by atoms with van der Waals surface area (Å²) in [6.45, 7) is 2.58. The molecule has 76 valence electrons. The van der Waals surface area contributed by atoms with Crippen molar-refractivity contribution in [2.75, 3.05) is 19.5 Å². The Bertz CT molecular complexity index is 200. The van der Waals surface area contributed by atoms with Crippen LogP contribution in [0.1, 0.15) is 13.3 Å². The molecule has 0 amide bonds. The van der Waals surface area contributed by atoms with Crippen LogP contribution in [0.3, 0.4) is 0 Å². The predicted molar refractivity (Wildman–Crippen MR) is 51.9 cm³/mol. The normalized spacial score (nSPS) is 33.5. The van der Waals surface area contributed by atoms with Crippen LogP contribution in [-0.2, 0) is 9.53 Å². The molecule has 0 radical (unpaired) electrons. The number of carbonyl (C=O) groups is 1. The predicted octanol–water partition coefficient (Wildman–Crippen LogP) is 0.529. The lowest BCUT2D eigenvalue weighted by atomic mass is 10.2. The van der Waals surface area contributed by atoms with Crippen LogP contribution in [0.4, 0.5) is 0 Å². The van der Waals surface area contributed by atoms with Crippen LogP contribution < -0.4 is 5.32 Å². The summed E-state index contributed by atoms with van der Waals surface area (Å²) in [4.78, 5) is 10.5. The Morgan fingerprint density at radius 2 is 2.54 bits per heavy atom. The van der Waals surface area contributed by atoms with Crippen molar-refractivity contribution < 1.29 is 14.6 Å². The number of aliphatic carboxylic acids is 1. The van der Waals surface area contributed by atoms with Gasteiger partial charge < -0.3 is 9.84 Å². The maximum Gasteiger partial charge on any atom is 0.321 e. The highest BCUT2D eigenvalue weighted by Gasteiger charge is 2.40. The Morgan fingerprint density at radius 1 is 1.85 bits per heavy atom. The molecular formula is C8H15NO3S. The Labute approximate surface area is 82.0 Å². The molecule has 1 fully saturated rings. The lowest BCUT2D eigenvalue weighted by Crippen LogP contribution is -2.47. The topological polar surface area (TPSA) is 58.6 Å². The van der Waals surface area contributed by atoms with Gasteiger partial charge in [-0.3, -0.25) is 10.1 Å². The van der Waals surface area contributed by atoms with E-state index in [1.807, 2.05) is 6.92 Å². The molecule has 2 atom stereocenters. The first-order valence-corrected chi connectivity index (χ1v) is 5.25. The van der Waals surface area contributed by atoms with E-state index in [-0.39, 0.29) is 4.87 Å². The van der Waals surface area contributed by atoms with E-state index in [0.717, 1.165) is 6.42 Å². The molecule has 0 saturated carbocycles. The van der Waals surface area contributed by atoms with E-state index in [1.165, 1.54) is 0 Å². The van der Waals surface area contributed by atoms with Crippen molar-refractivity contribution in [3.05, 3.63) is 0 Å². The van der Waals surface area contributed by atoms with Crippen LogP contribution in [0.2, 0.25) is 0 Å². The summed E-state index contributed by atoms with van der Waals surface area (Å²) in [7, 11) is 1.63. The van der Waals surface area contributed by atoms with Gasteiger partial charge in [-0.05, 0) is 6.42 Å². The molecule has 1 aliphatic heterocycles. The van der Waals surface area contributed by atoms with Gasteiger partial charge in [0.05, 0.1) is 11.5 Å². The first kappa shape index (κ1) is 10.8. The van der Waals surface area contributed by atoms with Crippen LogP contribution in [0, 0.1) is 0 Å². The summed E-state index contributed by atoms with van der Waals surface area (Å²) < 4.78 is 5.07. The maximum absolute atomic E-state index is 10.7. The summed E-state index contributed by atoms with van der Waals surface area (Å²) >= 11 is 1.63. The molecule has 4 nitrogen and oxygen atoms in total. The minimum atomic E-state index is -0.779. The zero-order chi connectivity index (χ0) is 9.90. The molecule has 0 aromatic carbocycles. The lowest BCUT2D eigenvalue weighted by molar-refractivity contribution is -0.139. The molecule has 5 heteroatoms. The summed E-state index contributed by atoms with van der Waals surface area (Å²) in [5.41, 5.74) is 0. The summed E-state index contributed by atoms with van der Waals surface area (Å²) in [5.74, 6) is -0.161. The molecule has 1 aliphatic rings. The van der Waals surface area contributed by atoms with Gasteiger partial charge in [0.1, 0.15) is 6.04 Å². The summed E-state index contributed by atoms with van der Waals surface area (Å²) in [6, 6.07) is -0.430. The van der Waals surface area contributed by atoms with Crippen LogP contribution in [0.15, 0.2) is 0 Å². The van der Waals surface area contributed by atoms with Crippen molar-refractivity contribution in [3.63, 3.8) is 0 Å². The van der Waals surface area contributed by atoms with E-state index in [2.05, 4.69) is 5.32 Å². The standard InChI is InChI=1S/C8H15NO3S/c1-3-8(5-12-2)9-6(4-13-8)7(10)11/h6,9H,3-5H2,1-2H3,(H,10,11)/t6-,8?/m1/s1. The highest BCUT2D eigenvalue weighted by Crippen LogP contribution is 2.33. The van der Waals surface area contributed by atoms with E-state index >= 15 is 0 Å².